The lowest BCUT2D eigenvalue weighted by atomic mass is 10.1. The van der Waals surface area contributed by atoms with Gasteiger partial charge in [0.25, 0.3) is 0 Å². The SMILES string of the molecule is N#C/C(=C\S)C(=O)c1ccccc1. The molecule has 0 atom stereocenters. The van der Waals surface area contributed by atoms with Gasteiger partial charge in [-0.25, -0.2) is 0 Å². The first-order valence-corrected chi connectivity index (χ1v) is 4.15. The summed E-state index contributed by atoms with van der Waals surface area (Å²) >= 11 is 3.78. The van der Waals surface area contributed by atoms with Gasteiger partial charge >= 0.3 is 0 Å². The number of hydrogen-bond acceptors (Lipinski definition) is 3. The molecule has 1 aromatic carbocycles. The van der Waals surface area contributed by atoms with Crippen LogP contribution in [0.4, 0.5) is 0 Å². The zero-order valence-corrected chi connectivity index (χ0v) is 7.66. The number of carbonyl (C=O) groups excluding carboxylic acids is 1. The van der Waals surface area contributed by atoms with E-state index in [1.165, 1.54) is 5.41 Å². The topological polar surface area (TPSA) is 40.9 Å². The van der Waals surface area contributed by atoms with Crippen molar-refractivity contribution in [1.29, 1.82) is 5.26 Å². The Kier molecular flexibility index (Phi) is 3.30. The summed E-state index contributed by atoms with van der Waals surface area (Å²) in [7, 11) is 0. The van der Waals surface area contributed by atoms with Crippen molar-refractivity contribution in [1.82, 2.24) is 0 Å². The second-order valence-corrected chi connectivity index (χ2v) is 2.61. The highest BCUT2D eigenvalue weighted by molar-refractivity contribution is 7.83. The number of benzene rings is 1. The number of allylic oxidation sites excluding steroid dienone is 1. The summed E-state index contributed by atoms with van der Waals surface area (Å²) < 4.78 is 0. The molecule has 0 aliphatic carbocycles. The van der Waals surface area contributed by atoms with Crippen LogP contribution in [0.25, 0.3) is 0 Å². The smallest absolute Gasteiger partial charge is 0.204 e. The molecule has 0 saturated heterocycles. The Hall–Kier alpha value is -1.53. The zero-order chi connectivity index (χ0) is 9.68. The minimum atomic E-state index is -0.293. The van der Waals surface area contributed by atoms with Crippen LogP contribution in [0.5, 0.6) is 0 Å². The Morgan fingerprint density at radius 2 is 2.00 bits per heavy atom. The number of nitrogens with zero attached hydrogens (tertiary/aromatic N) is 1. The van der Waals surface area contributed by atoms with E-state index in [0.717, 1.165) is 0 Å². The fourth-order valence-corrected chi connectivity index (χ4v) is 1.06. The molecule has 0 spiro atoms. The third kappa shape index (κ3) is 2.20. The quantitative estimate of drug-likeness (QED) is 0.335. The highest BCUT2D eigenvalue weighted by Crippen LogP contribution is 2.07. The van der Waals surface area contributed by atoms with E-state index in [4.69, 9.17) is 5.26 Å². The standard InChI is InChI=1S/C10H7NOS/c11-6-9(7-13)10(12)8-4-2-1-3-5-8/h1-5,7,13H/b9-7+. The van der Waals surface area contributed by atoms with Gasteiger partial charge in [-0.3, -0.25) is 4.79 Å². The highest BCUT2D eigenvalue weighted by Gasteiger charge is 2.09. The second kappa shape index (κ2) is 4.48. The zero-order valence-electron chi connectivity index (χ0n) is 6.77. The molecule has 2 nitrogen and oxygen atoms in total. The lowest BCUT2D eigenvalue weighted by Gasteiger charge is -1.96. The largest absolute Gasteiger partial charge is 0.288 e. The van der Waals surface area contributed by atoms with Crippen LogP contribution in [0.15, 0.2) is 41.3 Å². The molecule has 3 heteroatoms. The van der Waals surface area contributed by atoms with Crippen LogP contribution < -0.4 is 0 Å². The summed E-state index contributed by atoms with van der Waals surface area (Å²) in [6.07, 6.45) is 0. The van der Waals surface area contributed by atoms with Crippen molar-refractivity contribution in [2.75, 3.05) is 0 Å². The number of thiol groups is 1. The van der Waals surface area contributed by atoms with Gasteiger partial charge in [0.1, 0.15) is 11.6 Å². The monoisotopic (exact) mass is 189 g/mol. The molecule has 13 heavy (non-hydrogen) atoms. The summed E-state index contributed by atoms with van der Waals surface area (Å²) in [6.45, 7) is 0. The van der Waals surface area contributed by atoms with Crippen molar-refractivity contribution >= 4 is 18.4 Å². The first-order chi connectivity index (χ1) is 6.29. The molecule has 0 fully saturated rings. The molecule has 0 amide bonds. The van der Waals surface area contributed by atoms with E-state index >= 15 is 0 Å². The third-order valence-electron chi connectivity index (χ3n) is 1.53. The number of ketones is 1. The van der Waals surface area contributed by atoms with Crippen molar-refractivity contribution < 1.29 is 4.79 Å². The van der Waals surface area contributed by atoms with Gasteiger partial charge in [0.05, 0.1) is 0 Å². The molecule has 0 N–H and O–H groups in total. The van der Waals surface area contributed by atoms with Crippen molar-refractivity contribution in [3.8, 4) is 6.07 Å². The Morgan fingerprint density at radius 3 is 2.46 bits per heavy atom. The molecule has 0 aliphatic rings. The van der Waals surface area contributed by atoms with Gasteiger partial charge in [0, 0.05) is 5.56 Å². The number of nitriles is 1. The maximum atomic E-state index is 11.5. The molecule has 0 unspecified atom stereocenters. The summed E-state index contributed by atoms with van der Waals surface area (Å²) in [5.74, 6) is -0.293. The maximum Gasteiger partial charge on any atom is 0.204 e. The third-order valence-corrected chi connectivity index (χ3v) is 1.79. The van der Waals surface area contributed by atoms with Crippen LogP contribution >= 0.6 is 12.6 Å². The average molecular weight is 189 g/mol. The molecular formula is C10H7NOS. The van der Waals surface area contributed by atoms with Crippen LogP contribution in [0.1, 0.15) is 10.4 Å². The van der Waals surface area contributed by atoms with E-state index in [9.17, 15) is 4.79 Å². The molecule has 1 aromatic rings. The second-order valence-electron chi connectivity index (χ2n) is 2.35. The average Bonchev–Trinajstić information content (AvgIpc) is 2.21. The van der Waals surface area contributed by atoms with E-state index in [1.54, 1.807) is 30.3 Å². The molecular weight excluding hydrogens is 182 g/mol. The van der Waals surface area contributed by atoms with Crippen LogP contribution in [-0.4, -0.2) is 5.78 Å². The number of hydrogen-bond donors (Lipinski definition) is 1. The van der Waals surface area contributed by atoms with Gasteiger partial charge in [0.2, 0.25) is 5.78 Å². The number of Topliss-reactive ketones (excluding diaryl/α,β-unsaturated/α-hetero) is 1. The van der Waals surface area contributed by atoms with E-state index in [-0.39, 0.29) is 11.4 Å². The van der Waals surface area contributed by atoms with Crippen molar-refractivity contribution in [3.05, 3.63) is 46.9 Å². The van der Waals surface area contributed by atoms with Crippen LogP contribution in [0.3, 0.4) is 0 Å². The van der Waals surface area contributed by atoms with Crippen molar-refractivity contribution in [2.45, 2.75) is 0 Å². The molecule has 0 bridgehead atoms. The van der Waals surface area contributed by atoms with Gasteiger partial charge in [0.15, 0.2) is 0 Å². The first-order valence-electron chi connectivity index (χ1n) is 3.64. The minimum Gasteiger partial charge on any atom is -0.288 e. The minimum absolute atomic E-state index is 0.0505. The summed E-state index contributed by atoms with van der Waals surface area (Å²) in [4.78, 5) is 11.5. The van der Waals surface area contributed by atoms with Gasteiger partial charge in [-0.1, -0.05) is 30.3 Å². The van der Waals surface area contributed by atoms with E-state index < -0.39 is 0 Å². The van der Waals surface area contributed by atoms with E-state index in [1.807, 2.05) is 6.07 Å². The molecule has 0 heterocycles. The van der Waals surface area contributed by atoms with E-state index in [0.29, 0.717) is 5.56 Å². The van der Waals surface area contributed by atoms with Crippen LogP contribution in [-0.2, 0) is 0 Å². The summed E-state index contributed by atoms with van der Waals surface area (Å²) in [5, 5.41) is 9.79. The van der Waals surface area contributed by atoms with Crippen LogP contribution in [0.2, 0.25) is 0 Å². The fourth-order valence-electron chi connectivity index (χ4n) is 0.883. The lowest BCUT2D eigenvalue weighted by Crippen LogP contribution is -2.00. The van der Waals surface area contributed by atoms with Gasteiger partial charge in [-0.2, -0.15) is 5.26 Å². The Bertz CT molecular complexity index is 376. The number of rotatable bonds is 2. The highest BCUT2D eigenvalue weighted by atomic mass is 32.1. The van der Waals surface area contributed by atoms with Crippen molar-refractivity contribution in [2.24, 2.45) is 0 Å². The predicted octanol–water partition coefficient (Wildman–Crippen LogP) is 2.21. The molecule has 0 aromatic heterocycles. The number of carbonyl (C=O) groups is 1. The molecule has 64 valence electrons. The molecule has 1 rings (SSSR count). The fraction of sp³-hybridized carbons (Fsp3) is 0. The molecule has 0 aliphatic heterocycles. The normalized spacial score (nSPS) is 10.6. The Morgan fingerprint density at radius 1 is 1.38 bits per heavy atom. The predicted molar refractivity (Wildman–Crippen MR) is 53.5 cm³/mol. The first kappa shape index (κ1) is 9.56. The Labute approximate surface area is 81.9 Å². The van der Waals surface area contributed by atoms with Crippen molar-refractivity contribution in [3.63, 3.8) is 0 Å². The summed E-state index contributed by atoms with van der Waals surface area (Å²) in [6, 6.07) is 10.4. The Balaban J connectivity index is 3.01. The van der Waals surface area contributed by atoms with Gasteiger partial charge in [-0.15, -0.1) is 12.6 Å². The molecule has 0 radical (unpaired) electrons. The molecule has 0 saturated carbocycles. The van der Waals surface area contributed by atoms with E-state index in [2.05, 4.69) is 12.6 Å². The van der Waals surface area contributed by atoms with Crippen LogP contribution in [0, 0.1) is 11.3 Å². The van der Waals surface area contributed by atoms with Gasteiger partial charge < -0.3 is 0 Å². The maximum absolute atomic E-state index is 11.5. The summed E-state index contributed by atoms with van der Waals surface area (Å²) in [5.41, 5.74) is 0.555. The van der Waals surface area contributed by atoms with Gasteiger partial charge in [-0.05, 0) is 5.41 Å². The lowest BCUT2D eigenvalue weighted by molar-refractivity contribution is 0.103.